The summed E-state index contributed by atoms with van der Waals surface area (Å²) in [6.45, 7) is 1.95. The third-order valence-electron chi connectivity index (χ3n) is 3.77. The highest BCUT2D eigenvalue weighted by atomic mass is 79.9. The van der Waals surface area contributed by atoms with Crippen LogP contribution in [0.5, 0.6) is 5.75 Å². The molecule has 0 saturated carbocycles. The van der Waals surface area contributed by atoms with E-state index in [9.17, 15) is 9.59 Å². The highest BCUT2D eigenvalue weighted by molar-refractivity contribution is 9.10. The van der Waals surface area contributed by atoms with Gasteiger partial charge in [0.1, 0.15) is 5.75 Å². The summed E-state index contributed by atoms with van der Waals surface area (Å²) in [6, 6.07) is 20.9. The van der Waals surface area contributed by atoms with Gasteiger partial charge in [0, 0.05) is 15.6 Å². The number of esters is 1. The van der Waals surface area contributed by atoms with Crippen LogP contribution in [-0.4, -0.2) is 11.8 Å². The lowest BCUT2D eigenvalue weighted by atomic mass is 10.0. The second-order valence-corrected chi connectivity index (χ2v) is 6.43. The average Bonchev–Trinajstić information content (AvgIpc) is 2.64. The smallest absolute Gasteiger partial charge is 0.343 e. The predicted octanol–water partition coefficient (Wildman–Crippen LogP) is 5.21. The summed E-state index contributed by atoms with van der Waals surface area (Å²) in [5.74, 6) is -0.116. The summed E-state index contributed by atoms with van der Waals surface area (Å²) in [4.78, 5) is 24.6. The molecule has 0 unspecified atom stereocenters. The molecular weight excluding hydrogens is 380 g/mol. The standard InChI is InChI=1S/C21H15BrO3/c1-14-7-8-17(13-19(14)22)21(24)25-18-11-9-16(10-12-18)20(23)15-5-3-2-4-6-15/h2-13H,1H3. The van der Waals surface area contributed by atoms with E-state index in [4.69, 9.17) is 4.74 Å². The third kappa shape index (κ3) is 4.03. The lowest BCUT2D eigenvalue weighted by Gasteiger charge is -2.07. The molecule has 3 rings (SSSR count). The molecular formula is C21H15BrO3. The Balaban J connectivity index is 1.73. The van der Waals surface area contributed by atoms with Crippen molar-refractivity contribution in [2.45, 2.75) is 6.92 Å². The zero-order valence-corrected chi connectivity index (χ0v) is 15.1. The minimum Gasteiger partial charge on any atom is -0.423 e. The maximum atomic E-state index is 12.4. The normalized spacial score (nSPS) is 10.3. The SMILES string of the molecule is Cc1ccc(C(=O)Oc2ccc(C(=O)c3ccccc3)cc2)cc1Br. The van der Waals surface area contributed by atoms with Crippen molar-refractivity contribution in [1.82, 2.24) is 0 Å². The molecule has 0 spiro atoms. The van der Waals surface area contributed by atoms with Crippen LogP contribution in [0.3, 0.4) is 0 Å². The molecule has 0 radical (unpaired) electrons. The number of hydrogen-bond acceptors (Lipinski definition) is 3. The van der Waals surface area contributed by atoms with Crippen LogP contribution >= 0.6 is 15.9 Å². The molecule has 25 heavy (non-hydrogen) atoms. The van der Waals surface area contributed by atoms with Crippen LogP contribution in [0.1, 0.15) is 31.8 Å². The number of benzene rings is 3. The molecule has 0 aromatic heterocycles. The van der Waals surface area contributed by atoms with Crippen LogP contribution in [0.4, 0.5) is 0 Å². The number of ether oxygens (including phenoxy) is 1. The number of carbonyl (C=O) groups is 2. The van der Waals surface area contributed by atoms with Gasteiger partial charge in [-0.15, -0.1) is 0 Å². The Labute approximate surface area is 154 Å². The van der Waals surface area contributed by atoms with Crippen molar-refractivity contribution in [2.75, 3.05) is 0 Å². The van der Waals surface area contributed by atoms with Gasteiger partial charge < -0.3 is 4.74 Å². The van der Waals surface area contributed by atoms with E-state index in [1.807, 2.05) is 31.2 Å². The molecule has 0 N–H and O–H groups in total. The maximum absolute atomic E-state index is 12.4. The first-order chi connectivity index (χ1) is 12.0. The van der Waals surface area contributed by atoms with E-state index in [2.05, 4.69) is 15.9 Å². The topological polar surface area (TPSA) is 43.4 Å². The van der Waals surface area contributed by atoms with Gasteiger partial charge in [-0.25, -0.2) is 4.79 Å². The van der Waals surface area contributed by atoms with E-state index in [0.29, 0.717) is 22.4 Å². The Hall–Kier alpha value is -2.72. The lowest BCUT2D eigenvalue weighted by molar-refractivity contribution is 0.0734. The molecule has 0 aliphatic rings. The third-order valence-corrected chi connectivity index (χ3v) is 4.62. The molecule has 0 bridgehead atoms. The van der Waals surface area contributed by atoms with Crippen LogP contribution < -0.4 is 4.74 Å². The highest BCUT2D eigenvalue weighted by Gasteiger charge is 2.12. The number of aryl methyl sites for hydroxylation is 1. The zero-order valence-electron chi connectivity index (χ0n) is 13.5. The van der Waals surface area contributed by atoms with Crippen LogP contribution in [0.25, 0.3) is 0 Å². The monoisotopic (exact) mass is 394 g/mol. The minimum absolute atomic E-state index is 0.0686. The Bertz CT molecular complexity index is 916. The van der Waals surface area contributed by atoms with Crippen molar-refractivity contribution in [1.29, 1.82) is 0 Å². The van der Waals surface area contributed by atoms with E-state index in [0.717, 1.165) is 10.0 Å². The molecule has 0 aliphatic carbocycles. The second kappa shape index (κ2) is 7.45. The molecule has 0 amide bonds. The fourth-order valence-corrected chi connectivity index (χ4v) is 2.70. The number of halogens is 1. The highest BCUT2D eigenvalue weighted by Crippen LogP contribution is 2.20. The van der Waals surface area contributed by atoms with Crippen LogP contribution in [0.2, 0.25) is 0 Å². The first-order valence-corrected chi connectivity index (χ1v) is 8.52. The Kier molecular flexibility index (Phi) is 5.10. The van der Waals surface area contributed by atoms with E-state index >= 15 is 0 Å². The van der Waals surface area contributed by atoms with Gasteiger partial charge in [-0.3, -0.25) is 4.79 Å². The van der Waals surface area contributed by atoms with Gasteiger partial charge in [0.25, 0.3) is 0 Å². The molecule has 3 aromatic carbocycles. The van der Waals surface area contributed by atoms with Crippen molar-refractivity contribution < 1.29 is 14.3 Å². The van der Waals surface area contributed by atoms with E-state index < -0.39 is 5.97 Å². The van der Waals surface area contributed by atoms with Crippen molar-refractivity contribution >= 4 is 27.7 Å². The summed E-state index contributed by atoms with van der Waals surface area (Å²) in [5.41, 5.74) is 2.67. The molecule has 0 atom stereocenters. The summed E-state index contributed by atoms with van der Waals surface area (Å²) in [7, 11) is 0. The van der Waals surface area contributed by atoms with Crippen molar-refractivity contribution in [3.8, 4) is 5.75 Å². The average molecular weight is 395 g/mol. The van der Waals surface area contributed by atoms with Gasteiger partial charge >= 0.3 is 5.97 Å². The van der Waals surface area contributed by atoms with Crippen LogP contribution in [0.15, 0.2) is 77.3 Å². The Morgan fingerprint density at radius 1 is 0.800 bits per heavy atom. The van der Waals surface area contributed by atoms with E-state index in [-0.39, 0.29) is 5.78 Å². The number of ketones is 1. The van der Waals surface area contributed by atoms with Gasteiger partial charge in [-0.1, -0.05) is 52.3 Å². The minimum atomic E-state index is -0.442. The number of carbonyl (C=O) groups excluding carboxylic acids is 2. The summed E-state index contributed by atoms with van der Waals surface area (Å²) in [5, 5.41) is 0. The lowest BCUT2D eigenvalue weighted by Crippen LogP contribution is -2.09. The second-order valence-electron chi connectivity index (χ2n) is 5.57. The first kappa shape index (κ1) is 17.1. The van der Waals surface area contributed by atoms with Gasteiger partial charge in [-0.05, 0) is 48.9 Å². The van der Waals surface area contributed by atoms with E-state index in [1.54, 1.807) is 48.5 Å². The van der Waals surface area contributed by atoms with Crippen molar-refractivity contribution in [3.05, 3.63) is 99.5 Å². The molecule has 4 heteroatoms. The van der Waals surface area contributed by atoms with E-state index in [1.165, 1.54) is 0 Å². The van der Waals surface area contributed by atoms with Crippen molar-refractivity contribution in [3.63, 3.8) is 0 Å². The number of rotatable bonds is 4. The van der Waals surface area contributed by atoms with Gasteiger partial charge in [0.15, 0.2) is 5.78 Å². The predicted molar refractivity (Wildman–Crippen MR) is 100 cm³/mol. The quantitative estimate of drug-likeness (QED) is 0.346. The largest absolute Gasteiger partial charge is 0.423 e. The fraction of sp³-hybridized carbons (Fsp3) is 0.0476. The molecule has 0 heterocycles. The Morgan fingerprint density at radius 3 is 2.04 bits per heavy atom. The summed E-state index contributed by atoms with van der Waals surface area (Å²) >= 11 is 3.40. The molecule has 0 aliphatic heterocycles. The van der Waals surface area contributed by atoms with Gasteiger partial charge in [0.2, 0.25) is 0 Å². The van der Waals surface area contributed by atoms with Crippen LogP contribution in [0, 0.1) is 6.92 Å². The van der Waals surface area contributed by atoms with Gasteiger partial charge in [0.05, 0.1) is 5.56 Å². The molecule has 3 nitrogen and oxygen atoms in total. The molecule has 3 aromatic rings. The Morgan fingerprint density at radius 2 is 1.40 bits per heavy atom. The number of hydrogen-bond donors (Lipinski definition) is 0. The summed E-state index contributed by atoms with van der Waals surface area (Å²) < 4.78 is 6.22. The van der Waals surface area contributed by atoms with Crippen LogP contribution in [-0.2, 0) is 0 Å². The van der Waals surface area contributed by atoms with Gasteiger partial charge in [-0.2, -0.15) is 0 Å². The first-order valence-electron chi connectivity index (χ1n) is 7.73. The van der Waals surface area contributed by atoms with Crippen molar-refractivity contribution in [2.24, 2.45) is 0 Å². The molecule has 0 saturated heterocycles. The molecule has 0 fully saturated rings. The fourth-order valence-electron chi connectivity index (χ4n) is 2.32. The maximum Gasteiger partial charge on any atom is 0.343 e. The zero-order chi connectivity index (χ0) is 17.8. The molecule has 124 valence electrons. The summed E-state index contributed by atoms with van der Waals surface area (Å²) in [6.07, 6.45) is 0.